The van der Waals surface area contributed by atoms with Crippen LogP contribution in [-0.2, 0) is 22.6 Å². The number of aromatic nitrogens is 1. The SMILES string of the molecule is O=C(O)CCCc1csc(NC(=O)OCc2ccccc2)n1. The van der Waals surface area contributed by atoms with Crippen LogP contribution in [0.25, 0.3) is 0 Å². The smallest absolute Gasteiger partial charge is 0.413 e. The van der Waals surface area contributed by atoms with Crippen LogP contribution in [0.15, 0.2) is 35.7 Å². The minimum absolute atomic E-state index is 0.111. The molecule has 0 fully saturated rings. The van der Waals surface area contributed by atoms with Gasteiger partial charge in [0.2, 0.25) is 0 Å². The number of carboxylic acid groups (broad SMARTS) is 1. The first-order chi connectivity index (χ1) is 10.6. The highest BCUT2D eigenvalue weighted by Crippen LogP contribution is 2.17. The van der Waals surface area contributed by atoms with Gasteiger partial charge in [0.15, 0.2) is 5.13 Å². The zero-order valence-corrected chi connectivity index (χ0v) is 12.6. The number of amides is 1. The molecule has 6 nitrogen and oxygen atoms in total. The molecule has 1 amide bonds. The van der Waals surface area contributed by atoms with Crippen LogP contribution in [0.2, 0.25) is 0 Å². The van der Waals surface area contributed by atoms with Crippen LogP contribution < -0.4 is 5.32 Å². The molecule has 0 spiro atoms. The van der Waals surface area contributed by atoms with Crippen molar-refractivity contribution in [3.05, 3.63) is 47.0 Å². The van der Waals surface area contributed by atoms with Crippen molar-refractivity contribution >= 4 is 28.5 Å². The lowest BCUT2D eigenvalue weighted by molar-refractivity contribution is -0.137. The molecule has 1 heterocycles. The van der Waals surface area contributed by atoms with E-state index in [0.29, 0.717) is 18.0 Å². The van der Waals surface area contributed by atoms with E-state index in [1.54, 1.807) is 5.38 Å². The van der Waals surface area contributed by atoms with Crippen LogP contribution >= 0.6 is 11.3 Å². The second kappa shape index (κ2) is 8.14. The average molecular weight is 320 g/mol. The highest BCUT2D eigenvalue weighted by molar-refractivity contribution is 7.13. The number of ether oxygens (including phenoxy) is 1. The van der Waals surface area contributed by atoms with E-state index < -0.39 is 12.1 Å². The summed E-state index contributed by atoms with van der Waals surface area (Å²) in [6.45, 7) is 0.198. The van der Waals surface area contributed by atoms with Gasteiger partial charge in [-0.3, -0.25) is 10.1 Å². The number of hydrogen-bond acceptors (Lipinski definition) is 5. The van der Waals surface area contributed by atoms with E-state index in [1.165, 1.54) is 11.3 Å². The molecule has 0 saturated heterocycles. The van der Waals surface area contributed by atoms with E-state index in [-0.39, 0.29) is 13.0 Å². The number of anilines is 1. The van der Waals surface area contributed by atoms with Gasteiger partial charge in [0.1, 0.15) is 6.61 Å². The quantitative estimate of drug-likeness (QED) is 0.817. The van der Waals surface area contributed by atoms with Gasteiger partial charge in [-0.1, -0.05) is 30.3 Å². The summed E-state index contributed by atoms with van der Waals surface area (Å²) in [7, 11) is 0. The number of carbonyl (C=O) groups excluding carboxylic acids is 1. The molecule has 1 aromatic heterocycles. The first-order valence-electron chi connectivity index (χ1n) is 6.77. The Hall–Kier alpha value is -2.41. The Labute approximate surface area is 131 Å². The van der Waals surface area contributed by atoms with Crippen LogP contribution in [0, 0.1) is 0 Å². The molecule has 0 aliphatic heterocycles. The fourth-order valence-electron chi connectivity index (χ4n) is 1.75. The Kier molecular flexibility index (Phi) is 5.91. The number of rotatable bonds is 7. The Morgan fingerprint density at radius 3 is 2.77 bits per heavy atom. The topological polar surface area (TPSA) is 88.5 Å². The van der Waals surface area contributed by atoms with Gasteiger partial charge in [0.05, 0.1) is 5.69 Å². The molecule has 0 bridgehead atoms. The van der Waals surface area contributed by atoms with Crippen LogP contribution in [0.3, 0.4) is 0 Å². The molecular formula is C15H16N2O4S. The van der Waals surface area contributed by atoms with Gasteiger partial charge >= 0.3 is 12.1 Å². The Morgan fingerprint density at radius 1 is 1.27 bits per heavy atom. The van der Waals surface area contributed by atoms with Crippen LogP contribution in [0.5, 0.6) is 0 Å². The van der Waals surface area contributed by atoms with Crippen molar-refractivity contribution in [3.8, 4) is 0 Å². The highest BCUT2D eigenvalue weighted by Gasteiger charge is 2.08. The monoisotopic (exact) mass is 320 g/mol. The molecule has 0 saturated carbocycles. The molecule has 2 rings (SSSR count). The lowest BCUT2D eigenvalue weighted by atomic mass is 10.2. The number of thiazole rings is 1. The lowest BCUT2D eigenvalue weighted by Gasteiger charge is -2.04. The number of benzene rings is 1. The molecule has 2 N–H and O–H groups in total. The average Bonchev–Trinajstić information content (AvgIpc) is 2.93. The molecule has 0 unspecified atom stereocenters. The van der Waals surface area contributed by atoms with E-state index in [1.807, 2.05) is 30.3 Å². The summed E-state index contributed by atoms with van der Waals surface area (Å²) >= 11 is 1.29. The first kappa shape index (κ1) is 16.0. The number of aryl methyl sites for hydroxylation is 1. The third-order valence-electron chi connectivity index (χ3n) is 2.80. The summed E-state index contributed by atoms with van der Waals surface area (Å²) in [5.74, 6) is -0.821. The number of hydrogen-bond donors (Lipinski definition) is 2. The molecular weight excluding hydrogens is 304 g/mol. The summed E-state index contributed by atoms with van der Waals surface area (Å²) in [6.07, 6.45) is 0.648. The number of carboxylic acids is 1. The maximum atomic E-state index is 11.7. The standard InChI is InChI=1S/C15H16N2O4S/c18-13(19)8-4-7-12-10-22-14(16-12)17-15(20)21-9-11-5-2-1-3-6-11/h1-3,5-6,10H,4,7-9H2,(H,18,19)(H,16,17,20). The molecule has 0 radical (unpaired) electrons. The van der Waals surface area contributed by atoms with Crippen molar-refractivity contribution < 1.29 is 19.4 Å². The molecule has 2 aromatic rings. The minimum Gasteiger partial charge on any atom is -0.481 e. The minimum atomic E-state index is -0.821. The number of aliphatic carboxylic acids is 1. The zero-order chi connectivity index (χ0) is 15.8. The summed E-state index contributed by atoms with van der Waals surface area (Å²) in [5.41, 5.74) is 1.68. The van der Waals surface area contributed by atoms with E-state index in [9.17, 15) is 9.59 Å². The normalized spacial score (nSPS) is 10.2. The molecule has 7 heteroatoms. The molecule has 22 heavy (non-hydrogen) atoms. The largest absolute Gasteiger partial charge is 0.481 e. The van der Waals surface area contributed by atoms with Crippen LogP contribution in [0.4, 0.5) is 9.93 Å². The third-order valence-corrected chi connectivity index (χ3v) is 3.60. The van der Waals surface area contributed by atoms with Gasteiger partial charge in [-0.05, 0) is 18.4 Å². The van der Waals surface area contributed by atoms with Crippen molar-refractivity contribution in [3.63, 3.8) is 0 Å². The van der Waals surface area contributed by atoms with E-state index in [2.05, 4.69) is 10.3 Å². The maximum absolute atomic E-state index is 11.7. The maximum Gasteiger partial charge on any atom is 0.413 e. The summed E-state index contributed by atoms with van der Waals surface area (Å²) < 4.78 is 5.09. The summed E-state index contributed by atoms with van der Waals surface area (Å²) in [4.78, 5) is 26.3. The summed E-state index contributed by atoms with van der Waals surface area (Å²) in [6, 6.07) is 9.39. The fourth-order valence-corrected chi connectivity index (χ4v) is 2.48. The van der Waals surface area contributed by atoms with Crippen LogP contribution in [0.1, 0.15) is 24.1 Å². The molecule has 0 aliphatic rings. The van der Waals surface area contributed by atoms with E-state index in [4.69, 9.17) is 9.84 Å². The molecule has 116 valence electrons. The van der Waals surface area contributed by atoms with Gasteiger partial charge in [-0.2, -0.15) is 0 Å². The van der Waals surface area contributed by atoms with Crippen molar-refractivity contribution in [1.82, 2.24) is 4.98 Å². The van der Waals surface area contributed by atoms with Crippen molar-refractivity contribution in [2.24, 2.45) is 0 Å². The predicted octanol–water partition coefficient (Wildman–Crippen LogP) is 3.30. The van der Waals surface area contributed by atoms with Gasteiger partial charge < -0.3 is 9.84 Å². The van der Waals surface area contributed by atoms with Gasteiger partial charge in [0.25, 0.3) is 0 Å². The second-order valence-electron chi connectivity index (χ2n) is 4.58. The van der Waals surface area contributed by atoms with Crippen molar-refractivity contribution in [2.75, 3.05) is 5.32 Å². The molecule has 0 aliphatic carbocycles. The lowest BCUT2D eigenvalue weighted by Crippen LogP contribution is -2.13. The highest BCUT2D eigenvalue weighted by atomic mass is 32.1. The van der Waals surface area contributed by atoms with Gasteiger partial charge in [0, 0.05) is 11.8 Å². The number of carbonyl (C=O) groups is 2. The van der Waals surface area contributed by atoms with Gasteiger partial charge in [-0.15, -0.1) is 11.3 Å². The predicted molar refractivity (Wildman–Crippen MR) is 82.9 cm³/mol. The van der Waals surface area contributed by atoms with Crippen molar-refractivity contribution in [2.45, 2.75) is 25.9 Å². The van der Waals surface area contributed by atoms with Crippen molar-refractivity contribution in [1.29, 1.82) is 0 Å². The number of nitrogens with one attached hydrogen (secondary N) is 1. The van der Waals surface area contributed by atoms with E-state index >= 15 is 0 Å². The zero-order valence-electron chi connectivity index (χ0n) is 11.8. The Bertz CT molecular complexity index is 627. The Morgan fingerprint density at radius 2 is 2.05 bits per heavy atom. The number of nitrogens with zero attached hydrogens (tertiary/aromatic N) is 1. The fraction of sp³-hybridized carbons (Fsp3) is 0.267. The summed E-state index contributed by atoms with van der Waals surface area (Å²) in [5, 5.41) is 13.4. The Balaban J connectivity index is 1.75. The van der Waals surface area contributed by atoms with Crippen LogP contribution in [-0.4, -0.2) is 22.2 Å². The molecule has 0 atom stereocenters. The second-order valence-corrected chi connectivity index (χ2v) is 5.44. The van der Waals surface area contributed by atoms with Gasteiger partial charge in [-0.25, -0.2) is 9.78 Å². The first-order valence-corrected chi connectivity index (χ1v) is 7.65. The third kappa shape index (κ3) is 5.53. The molecule has 1 aromatic carbocycles. The van der Waals surface area contributed by atoms with E-state index in [0.717, 1.165) is 11.3 Å².